The Bertz CT molecular complexity index is 2570. The van der Waals surface area contributed by atoms with Gasteiger partial charge >= 0.3 is 0 Å². The zero-order valence-electron chi connectivity index (χ0n) is 41.3. The molecule has 2 aliphatic rings. The normalized spacial score (nSPS) is 14.9. The third-order valence-electron chi connectivity index (χ3n) is 14.1. The lowest BCUT2D eigenvalue weighted by Crippen LogP contribution is -2.44. The van der Waals surface area contributed by atoms with Crippen molar-refractivity contribution in [3.8, 4) is 0 Å². The van der Waals surface area contributed by atoms with Crippen LogP contribution >= 0.6 is 23.2 Å². The van der Waals surface area contributed by atoms with Crippen LogP contribution in [0.5, 0.6) is 0 Å². The molecule has 7 heterocycles. The molecule has 8 aromatic rings. The molecule has 72 heavy (non-hydrogen) atoms. The minimum absolute atomic E-state index is 0.579. The summed E-state index contributed by atoms with van der Waals surface area (Å²) in [5, 5.41) is 10.9. The van der Waals surface area contributed by atoms with E-state index in [0.717, 1.165) is 135 Å². The van der Waals surface area contributed by atoms with Gasteiger partial charge in [-0.05, 0) is 185 Å². The molecule has 2 N–H and O–H groups in total. The molecular formula is C59H67Cl2N11. The summed E-state index contributed by atoms with van der Waals surface area (Å²) < 4.78 is 0. The van der Waals surface area contributed by atoms with E-state index in [0.29, 0.717) is 12.1 Å². The Morgan fingerprint density at radius 3 is 1.21 bits per heavy atom. The van der Waals surface area contributed by atoms with Crippen molar-refractivity contribution in [2.45, 2.75) is 76.8 Å². The second-order valence-corrected chi connectivity index (χ2v) is 20.0. The third-order valence-corrected chi connectivity index (χ3v) is 14.6. The van der Waals surface area contributed by atoms with E-state index in [9.17, 15) is 0 Å². The van der Waals surface area contributed by atoms with Crippen molar-refractivity contribution in [1.29, 1.82) is 0 Å². The van der Waals surface area contributed by atoms with Gasteiger partial charge in [-0.3, -0.25) is 34.7 Å². The van der Waals surface area contributed by atoms with Crippen molar-refractivity contribution in [3.63, 3.8) is 0 Å². The maximum Gasteiger partial charge on any atom is 0.0737 e. The van der Waals surface area contributed by atoms with E-state index in [1.165, 1.54) is 47.9 Å². The van der Waals surface area contributed by atoms with Crippen LogP contribution in [-0.2, 0) is 26.2 Å². The Labute approximate surface area is 435 Å². The van der Waals surface area contributed by atoms with Crippen molar-refractivity contribution in [2.75, 3.05) is 63.0 Å². The molecule has 0 unspecified atom stereocenters. The highest BCUT2D eigenvalue weighted by Gasteiger charge is 2.26. The Morgan fingerprint density at radius 1 is 0.444 bits per heavy atom. The lowest BCUT2D eigenvalue weighted by molar-refractivity contribution is 0.0964. The van der Waals surface area contributed by atoms with Crippen molar-refractivity contribution >= 4 is 56.4 Å². The highest BCUT2D eigenvalue weighted by molar-refractivity contribution is 6.31. The molecule has 11 nitrogen and oxygen atoms in total. The largest absolute Gasteiger partial charge is 0.384 e. The molecule has 3 aromatic carbocycles. The average Bonchev–Trinajstić information content (AvgIpc) is 3.42. The smallest absolute Gasteiger partial charge is 0.0737 e. The number of pyridine rings is 5. The summed E-state index contributed by atoms with van der Waals surface area (Å²) in [4.78, 5) is 32.0. The number of likely N-dealkylation sites (tertiary alicyclic amines) is 2. The molecule has 0 aliphatic carbocycles. The zero-order chi connectivity index (χ0) is 49.2. The van der Waals surface area contributed by atoms with Gasteiger partial charge in [-0.15, -0.1) is 0 Å². The summed E-state index contributed by atoms with van der Waals surface area (Å²) in [7, 11) is 0. The number of nitrogens with one attached hydrogen (secondary N) is 2. The van der Waals surface area contributed by atoms with E-state index in [1.54, 1.807) is 0 Å². The fourth-order valence-corrected chi connectivity index (χ4v) is 10.6. The summed E-state index contributed by atoms with van der Waals surface area (Å²) in [6.07, 6.45) is 22.1. The van der Waals surface area contributed by atoms with Gasteiger partial charge in [0, 0.05) is 133 Å². The minimum Gasteiger partial charge on any atom is -0.384 e. The maximum absolute atomic E-state index is 6.12. The van der Waals surface area contributed by atoms with E-state index in [1.807, 2.05) is 98.1 Å². The molecule has 372 valence electrons. The van der Waals surface area contributed by atoms with Gasteiger partial charge in [0.15, 0.2) is 0 Å². The number of halogens is 2. The molecule has 5 aromatic heterocycles. The van der Waals surface area contributed by atoms with E-state index in [-0.39, 0.29) is 0 Å². The van der Waals surface area contributed by atoms with Crippen LogP contribution < -0.4 is 10.6 Å². The SMILES string of the molecule is Clc1ccc2c(NCCCN3CCC(N(Cc4ccccc4)Cc4ccncc4)CC3)ccnc2c1.Clc1ccc2c(NCCCN3CCC(N(Cc4ccncc4)Cc4ccncc4)CC3)ccnc2c1. The number of nitrogens with zero attached hydrogens (tertiary/aromatic N) is 9. The lowest BCUT2D eigenvalue weighted by Gasteiger charge is -2.39. The molecule has 2 aliphatic heterocycles. The van der Waals surface area contributed by atoms with Gasteiger partial charge in [-0.2, -0.15) is 0 Å². The average molecular weight is 1000 g/mol. The minimum atomic E-state index is 0.579. The van der Waals surface area contributed by atoms with Gasteiger partial charge in [-0.25, -0.2) is 0 Å². The number of benzene rings is 3. The van der Waals surface area contributed by atoms with Crippen molar-refractivity contribution in [3.05, 3.63) is 197 Å². The van der Waals surface area contributed by atoms with E-state index in [2.05, 4.69) is 122 Å². The maximum atomic E-state index is 6.12. The first-order valence-electron chi connectivity index (χ1n) is 25.7. The first-order valence-corrected chi connectivity index (χ1v) is 26.4. The number of piperidine rings is 2. The van der Waals surface area contributed by atoms with Crippen LogP contribution in [0.15, 0.2) is 165 Å². The van der Waals surface area contributed by atoms with Gasteiger partial charge in [0.05, 0.1) is 11.0 Å². The van der Waals surface area contributed by atoms with Crippen LogP contribution in [-0.4, -0.2) is 109 Å². The second kappa shape index (κ2) is 26.6. The number of rotatable bonds is 20. The van der Waals surface area contributed by atoms with Crippen molar-refractivity contribution < 1.29 is 0 Å². The summed E-state index contributed by atoms with van der Waals surface area (Å²) in [6, 6.07) is 40.7. The molecule has 0 amide bonds. The van der Waals surface area contributed by atoms with Crippen LogP contribution in [0.3, 0.4) is 0 Å². The number of hydrogen-bond acceptors (Lipinski definition) is 11. The Kier molecular flexibility index (Phi) is 18.8. The van der Waals surface area contributed by atoms with Gasteiger partial charge in [-0.1, -0.05) is 53.5 Å². The molecule has 0 saturated carbocycles. The molecule has 0 atom stereocenters. The van der Waals surface area contributed by atoms with Crippen LogP contribution in [0.25, 0.3) is 21.8 Å². The van der Waals surface area contributed by atoms with Crippen molar-refractivity contribution in [2.24, 2.45) is 0 Å². The van der Waals surface area contributed by atoms with Gasteiger partial charge < -0.3 is 20.4 Å². The molecule has 13 heteroatoms. The van der Waals surface area contributed by atoms with Gasteiger partial charge in [0.1, 0.15) is 0 Å². The predicted octanol–water partition coefficient (Wildman–Crippen LogP) is 11.9. The van der Waals surface area contributed by atoms with Crippen LogP contribution in [0.2, 0.25) is 10.0 Å². The molecule has 2 saturated heterocycles. The Balaban J connectivity index is 0.000000178. The van der Waals surface area contributed by atoms with Crippen molar-refractivity contribution in [1.82, 2.24) is 44.5 Å². The van der Waals surface area contributed by atoms with Crippen LogP contribution in [0.4, 0.5) is 11.4 Å². The quantitative estimate of drug-likeness (QED) is 0.0714. The molecule has 0 radical (unpaired) electrons. The topological polar surface area (TPSA) is 101 Å². The van der Waals surface area contributed by atoms with Gasteiger partial charge in [0.2, 0.25) is 0 Å². The van der Waals surface area contributed by atoms with E-state index < -0.39 is 0 Å². The summed E-state index contributed by atoms with van der Waals surface area (Å²) in [5.74, 6) is 0. The Morgan fingerprint density at radius 2 is 0.819 bits per heavy atom. The number of hydrogen-bond donors (Lipinski definition) is 2. The predicted molar refractivity (Wildman–Crippen MR) is 296 cm³/mol. The van der Waals surface area contributed by atoms with E-state index >= 15 is 0 Å². The van der Waals surface area contributed by atoms with Crippen LogP contribution in [0, 0.1) is 0 Å². The second-order valence-electron chi connectivity index (χ2n) is 19.1. The number of aromatic nitrogens is 5. The van der Waals surface area contributed by atoms with Gasteiger partial charge in [0.25, 0.3) is 0 Å². The number of fused-ring (bicyclic) bond motifs is 2. The molecule has 2 fully saturated rings. The summed E-state index contributed by atoms with van der Waals surface area (Å²) >= 11 is 12.2. The highest BCUT2D eigenvalue weighted by Crippen LogP contribution is 2.27. The van der Waals surface area contributed by atoms with Crippen LogP contribution in [0.1, 0.15) is 60.8 Å². The number of anilines is 2. The molecule has 0 bridgehead atoms. The highest BCUT2D eigenvalue weighted by atomic mass is 35.5. The molecule has 10 rings (SSSR count). The van der Waals surface area contributed by atoms with E-state index in [4.69, 9.17) is 23.2 Å². The monoisotopic (exact) mass is 999 g/mol. The molecule has 0 spiro atoms. The Hall–Kier alpha value is -6.05. The standard InChI is InChI=1S/C30H34ClN5.C29H33ClN6/c31-26-7-8-28-29(11-17-34-30(28)21-26)33-14-4-18-35-19-12-27(13-20-35)36(22-24-5-2-1-3-6-24)23-25-9-15-32-16-10-25;30-25-2-3-27-28(8-16-34-29(27)20-25)33-11-1-17-35-18-9-26(10-19-35)36(21-23-4-12-31-13-5-23)22-24-6-14-32-15-7-24/h1-3,5-11,15-17,21,27H,4,12-14,18-20,22-23H2,(H,33,34);2-8,12-16,20,26H,1,9-11,17-19,21-22H2,(H,33,34). The fourth-order valence-electron chi connectivity index (χ4n) is 10.2. The first-order chi connectivity index (χ1) is 35.5. The fraction of sp³-hybridized carbons (Fsp3) is 0.339. The molecular weight excluding hydrogens is 934 g/mol. The third kappa shape index (κ3) is 15.0. The lowest BCUT2D eigenvalue weighted by atomic mass is 10.0. The first kappa shape index (κ1) is 50.9. The summed E-state index contributed by atoms with van der Waals surface area (Å²) in [6.45, 7) is 12.6. The zero-order valence-corrected chi connectivity index (χ0v) is 42.8. The summed E-state index contributed by atoms with van der Waals surface area (Å²) in [5.41, 5.74) is 9.46.